The Morgan fingerprint density at radius 2 is 2.17 bits per heavy atom. The number of aromatic carboxylic acids is 1. The number of hydrogen-bond donors (Lipinski definition) is 1. The van der Waals surface area contributed by atoms with Crippen LogP contribution in [0, 0.1) is 6.92 Å². The maximum absolute atomic E-state index is 12.8. The predicted molar refractivity (Wildman–Crippen MR) is 112 cm³/mol. The summed E-state index contributed by atoms with van der Waals surface area (Å²) < 4.78 is 5.53. The minimum absolute atomic E-state index is 0.276. The Morgan fingerprint density at radius 1 is 1.33 bits per heavy atom. The van der Waals surface area contributed by atoms with Crippen molar-refractivity contribution in [2.24, 2.45) is 0 Å². The molecule has 150 valence electrons. The van der Waals surface area contributed by atoms with Crippen molar-refractivity contribution in [3.8, 4) is 5.13 Å². The maximum atomic E-state index is 12.8. The molecule has 0 atom stereocenters. The van der Waals surface area contributed by atoms with Gasteiger partial charge >= 0.3 is 5.97 Å². The van der Waals surface area contributed by atoms with Crippen LogP contribution in [0.2, 0.25) is 0 Å². The number of anilines is 1. The zero-order valence-corrected chi connectivity index (χ0v) is 16.7. The highest BCUT2D eigenvalue weighted by atomic mass is 32.1. The normalized spacial score (nSPS) is 14.1. The van der Waals surface area contributed by atoms with Crippen LogP contribution in [-0.2, 0) is 0 Å². The average molecular weight is 420 g/mol. The van der Waals surface area contributed by atoms with E-state index in [-0.39, 0.29) is 10.9 Å². The van der Waals surface area contributed by atoms with Gasteiger partial charge in [0.05, 0.1) is 5.39 Å². The van der Waals surface area contributed by atoms with Crippen LogP contribution >= 0.6 is 11.5 Å². The molecule has 0 spiro atoms. The van der Waals surface area contributed by atoms with Crippen molar-refractivity contribution < 1.29 is 9.90 Å². The highest BCUT2D eigenvalue weighted by molar-refractivity contribution is 7.08. The molecule has 4 aromatic heterocycles. The molecule has 0 amide bonds. The van der Waals surface area contributed by atoms with E-state index >= 15 is 0 Å². The monoisotopic (exact) mass is 420 g/mol. The number of nitrogens with zero attached hydrogens (tertiary/aromatic N) is 6. The molecule has 1 aliphatic rings. The van der Waals surface area contributed by atoms with Crippen molar-refractivity contribution >= 4 is 34.4 Å². The van der Waals surface area contributed by atoms with Crippen molar-refractivity contribution in [1.29, 1.82) is 0 Å². The number of aromatic nitrogens is 5. The van der Waals surface area contributed by atoms with Crippen molar-refractivity contribution in [3.63, 3.8) is 0 Å². The second kappa shape index (κ2) is 6.99. The van der Waals surface area contributed by atoms with E-state index in [9.17, 15) is 14.7 Å². The van der Waals surface area contributed by atoms with Crippen molar-refractivity contribution in [2.45, 2.75) is 12.8 Å². The Kier molecular flexibility index (Phi) is 4.28. The average Bonchev–Trinajstić information content (AvgIpc) is 3.22. The summed E-state index contributed by atoms with van der Waals surface area (Å²) in [5.74, 6) is -0.178. The molecule has 0 aliphatic carbocycles. The molecule has 0 radical (unpaired) electrons. The minimum Gasteiger partial charge on any atom is -0.477 e. The summed E-state index contributed by atoms with van der Waals surface area (Å²) in [6.07, 6.45) is 6.29. The quantitative estimate of drug-likeness (QED) is 0.535. The lowest BCUT2D eigenvalue weighted by molar-refractivity contribution is 0.0695. The smallest absolute Gasteiger partial charge is 0.341 e. The first-order chi connectivity index (χ1) is 14.5. The van der Waals surface area contributed by atoms with Gasteiger partial charge < -0.3 is 10.0 Å². The van der Waals surface area contributed by atoms with Gasteiger partial charge in [0.25, 0.3) is 0 Å². The molecule has 30 heavy (non-hydrogen) atoms. The molecule has 4 aromatic rings. The first-order valence-corrected chi connectivity index (χ1v) is 10.0. The molecule has 0 saturated carbocycles. The number of carboxylic acid groups (broad SMARTS) is 1. The third-order valence-corrected chi connectivity index (χ3v) is 5.95. The molecular formula is C20H16N6O3S. The largest absolute Gasteiger partial charge is 0.477 e. The van der Waals surface area contributed by atoms with E-state index in [1.807, 2.05) is 18.3 Å². The van der Waals surface area contributed by atoms with Crippen LogP contribution < -0.4 is 10.3 Å². The number of carboxylic acids is 1. The van der Waals surface area contributed by atoms with Gasteiger partial charge in [0.2, 0.25) is 10.6 Å². The minimum atomic E-state index is -1.29. The van der Waals surface area contributed by atoms with E-state index in [1.54, 1.807) is 13.1 Å². The number of hydrogen-bond acceptors (Lipinski definition) is 8. The number of pyridine rings is 3. The van der Waals surface area contributed by atoms with Gasteiger partial charge in [-0.3, -0.25) is 14.3 Å². The van der Waals surface area contributed by atoms with Gasteiger partial charge in [-0.2, -0.15) is 4.37 Å². The van der Waals surface area contributed by atoms with E-state index in [4.69, 9.17) is 4.98 Å². The van der Waals surface area contributed by atoms with E-state index in [0.717, 1.165) is 30.4 Å². The topological polar surface area (TPSA) is 114 Å². The van der Waals surface area contributed by atoms with E-state index < -0.39 is 11.4 Å². The van der Waals surface area contributed by atoms with Crippen LogP contribution in [0.15, 0.2) is 47.9 Å². The summed E-state index contributed by atoms with van der Waals surface area (Å²) in [5.41, 5.74) is 1.36. The van der Waals surface area contributed by atoms with Crippen LogP contribution in [-0.4, -0.2) is 48.1 Å². The van der Waals surface area contributed by atoms with Crippen molar-refractivity contribution in [2.75, 3.05) is 18.0 Å². The molecule has 0 bridgehead atoms. The summed E-state index contributed by atoms with van der Waals surface area (Å²) in [4.78, 5) is 39.7. The lowest BCUT2D eigenvalue weighted by atomic mass is 9.92. The Balaban J connectivity index is 1.61. The highest BCUT2D eigenvalue weighted by Gasteiger charge is 2.30. The predicted octanol–water partition coefficient (Wildman–Crippen LogP) is 2.24. The Morgan fingerprint density at radius 3 is 2.83 bits per heavy atom. The Bertz CT molecular complexity index is 1310. The van der Waals surface area contributed by atoms with Gasteiger partial charge in [-0.25, -0.2) is 14.8 Å². The van der Waals surface area contributed by atoms with Crippen LogP contribution in [0.25, 0.3) is 16.2 Å². The number of aryl methyl sites for hydroxylation is 1. The molecular weight excluding hydrogens is 404 g/mol. The Hall–Kier alpha value is -3.66. The molecule has 5 heterocycles. The van der Waals surface area contributed by atoms with Crippen molar-refractivity contribution in [1.82, 2.24) is 23.9 Å². The van der Waals surface area contributed by atoms with Gasteiger partial charge in [0.15, 0.2) is 5.65 Å². The molecule has 1 aliphatic heterocycles. The van der Waals surface area contributed by atoms with Crippen LogP contribution in [0.5, 0.6) is 0 Å². The fourth-order valence-electron chi connectivity index (χ4n) is 3.70. The standard InChI is InChI=1S/C20H16N6O3S/c1-11-5-15(25-7-13(8-25)12-3-2-4-21-6-12)24-18-16(11)17(27)14(19(28)29)9-26(18)20-22-10-23-30-20/h2-6,9-10,13H,7-8H2,1H3,(H,28,29). The third kappa shape index (κ3) is 2.92. The third-order valence-electron chi connectivity index (χ3n) is 5.29. The van der Waals surface area contributed by atoms with Gasteiger partial charge in [-0.05, 0) is 30.2 Å². The van der Waals surface area contributed by atoms with Crippen LogP contribution in [0.3, 0.4) is 0 Å². The zero-order chi connectivity index (χ0) is 20.8. The Labute approximate surface area is 174 Å². The lowest BCUT2D eigenvalue weighted by Crippen LogP contribution is -2.45. The molecule has 0 aromatic carbocycles. The second-order valence-electron chi connectivity index (χ2n) is 7.16. The summed E-state index contributed by atoms with van der Waals surface area (Å²) in [6.45, 7) is 3.38. The second-order valence-corrected chi connectivity index (χ2v) is 7.91. The lowest BCUT2D eigenvalue weighted by Gasteiger charge is -2.40. The molecule has 9 nitrogen and oxygen atoms in total. The van der Waals surface area contributed by atoms with E-state index in [1.165, 1.54) is 22.7 Å². The number of rotatable bonds is 4. The highest BCUT2D eigenvalue weighted by Crippen LogP contribution is 2.32. The molecule has 5 rings (SSSR count). The van der Waals surface area contributed by atoms with Crippen LogP contribution in [0.4, 0.5) is 5.82 Å². The van der Waals surface area contributed by atoms with Gasteiger partial charge in [0.1, 0.15) is 17.7 Å². The van der Waals surface area contributed by atoms with E-state index in [0.29, 0.717) is 22.3 Å². The zero-order valence-electron chi connectivity index (χ0n) is 15.9. The van der Waals surface area contributed by atoms with Crippen molar-refractivity contribution in [3.05, 3.63) is 70.0 Å². The molecule has 0 unspecified atom stereocenters. The number of fused-ring (bicyclic) bond motifs is 1. The molecule has 10 heteroatoms. The first kappa shape index (κ1) is 18.4. The summed E-state index contributed by atoms with van der Waals surface area (Å²) in [6, 6.07) is 5.82. The SMILES string of the molecule is Cc1cc(N2CC(c3cccnc3)C2)nc2c1c(=O)c(C(=O)O)cn2-c1ncns1. The maximum Gasteiger partial charge on any atom is 0.341 e. The summed E-state index contributed by atoms with van der Waals surface area (Å²) in [7, 11) is 0. The molecule has 1 fully saturated rings. The van der Waals surface area contributed by atoms with Gasteiger partial charge in [-0.15, -0.1) is 0 Å². The first-order valence-electron chi connectivity index (χ1n) is 9.25. The molecule has 1 saturated heterocycles. The fourth-order valence-corrected chi connectivity index (χ4v) is 4.21. The summed E-state index contributed by atoms with van der Waals surface area (Å²) in [5, 5.41) is 10.2. The van der Waals surface area contributed by atoms with Gasteiger partial charge in [-0.1, -0.05) is 6.07 Å². The molecule has 1 N–H and O–H groups in total. The van der Waals surface area contributed by atoms with Gasteiger partial charge in [0, 0.05) is 49.1 Å². The number of carbonyl (C=O) groups is 1. The van der Waals surface area contributed by atoms with Crippen LogP contribution in [0.1, 0.15) is 27.4 Å². The fraction of sp³-hybridized carbons (Fsp3) is 0.200. The van der Waals surface area contributed by atoms with E-state index in [2.05, 4.69) is 25.3 Å². The summed E-state index contributed by atoms with van der Waals surface area (Å²) >= 11 is 1.10.